The van der Waals surface area contributed by atoms with Crippen molar-refractivity contribution in [3.8, 4) is 0 Å². The van der Waals surface area contributed by atoms with Crippen molar-refractivity contribution >= 4 is 32.8 Å². The molecule has 0 aliphatic carbocycles. The van der Waals surface area contributed by atoms with Gasteiger partial charge < -0.3 is 14.5 Å². The Morgan fingerprint density at radius 2 is 2.17 bits per heavy atom. The highest BCUT2D eigenvalue weighted by atomic mass is 32.1. The minimum atomic E-state index is -0.438. The van der Waals surface area contributed by atoms with Gasteiger partial charge in [0, 0.05) is 26.7 Å². The fraction of sp³-hybridized carbons (Fsp3) is 0.556. The summed E-state index contributed by atoms with van der Waals surface area (Å²) in [6, 6.07) is 8.20. The van der Waals surface area contributed by atoms with Gasteiger partial charge in [0.25, 0.3) is 0 Å². The lowest BCUT2D eigenvalue weighted by atomic mass is 10.1. The standard InChI is InChI=1S/C18H25N3O2S/c1-18(2,3)23-17(22)21-10-9-13(12-21)11-20(4)16-19-14-7-5-6-8-15(14)24-16/h5-8,13H,9-12H2,1-4H3/t13-/m1/s1. The van der Waals surface area contributed by atoms with Crippen LogP contribution in [0.5, 0.6) is 0 Å². The van der Waals surface area contributed by atoms with Crippen LogP contribution in [0.2, 0.25) is 0 Å². The average Bonchev–Trinajstić information content (AvgIpc) is 3.11. The summed E-state index contributed by atoms with van der Waals surface area (Å²) in [5, 5.41) is 1.03. The summed E-state index contributed by atoms with van der Waals surface area (Å²) in [6.45, 7) is 8.13. The van der Waals surface area contributed by atoms with Crippen molar-refractivity contribution in [3.05, 3.63) is 24.3 Å². The molecule has 2 aromatic rings. The lowest BCUT2D eigenvalue weighted by Gasteiger charge is -2.25. The Hall–Kier alpha value is -1.82. The summed E-state index contributed by atoms with van der Waals surface area (Å²) in [4.78, 5) is 20.9. The van der Waals surface area contributed by atoms with E-state index in [1.165, 1.54) is 4.70 Å². The average molecular weight is 347 g/mol. The maximum atomic E-state index is 12.2. The van der Waals surface area contributed by atoms with Crippen LogP contribution in [0, 0.1) is 5.92 Å². The van der Waals surface area contributed by atoms with Gasteiger partial charge in [0.15, 0.2) is 5.13 Å². The predicted octanol–water partition coefficient (Wildman–Crippen LogP) is 3.99. The molecule has 24 heavy (non-hydrogen) atoms. The largest absolute Gasteiger partial charge is 0.444 e. The molecule has 5 nitrogen and oxygen atoms in total. The molecule has 1 aliphatic rings. The van der Waals surface area contributed by atoms with Gasteiger partial charge in [-0.05, 0) is 45.2 Å². The number of nitrogens with zero attached hydrogens (tertiary/aromatic N) is 3. The Bertz CT molecular complexity index is 689. The molecule has 2 heterocycles. The summed E-state index contributed by atoms with van der Waals surface area (Å²) < 4.78 is 6.67. The molecule has 1 saturated heterocycles. The first-order valence-corrected chi connectivity index (χ1v) is 9.18. The van der Waals surface area contributed by atoms with Gasteiger partial charge in [-0.15, -0.1) is 0 Å². The topological polar surface area (TPSA) is 45.7 Å². The summed E-state index contributed by atoms with van der Waals surface area (Å²) in [7, 11) is 2.08. The summed E-state index contributed by atoms with van der Waals surface area (Å²) >= 11 is 1.71. The van der Waals surface area contributed by atoms with Crippen molar-refractivity contribution in [1.82, 2.24) is 9.88 Å². The first-order chi connectivity index (χ1) is 11.3. The number of ether oxygens (including phenoxy) is 1. The number of benzene rings is 1. The van der Waals surface area contributed by atoms with Crippen LogP contribution in [-0.4, -0.2) is 48.3 Å². The van der Waals surface area contributed by atoms with E-state index in [4.69, 9.17) is 9.72 Å². The van der Waals surface area contributed by atoms with Crippen LogP contribution in [0.1, 0.15) is 27.2 Å². The maximum absolute atomic E-state index is 12.2. The monoisotopic (exact) mass is 347 g/mol. The third-order valence-corrected chi connectivity index (χ3v) is 5.23. The highest BCUT2D eigenvalue weighted by Crippen LogP contribution is 2.29. The van der Waals surface area contributed by atoms with Gasteiger partial charge in [-0.2, -0.15) is 0 Å². The first-order valence-electron chi connectivity index (χ1n) is 8.36. The number of anilines is 1. The van der Waals surface area contributed by atoms with Crippen LogP contribution in [0.15, 0.2) is 24.3 Å². The number of thiazole rings is 1. The van der Waals surface area contributed by atoms with Gasteiger partial charge >= 0.3 is 6.09 Å². The fourth-order valence-electron chi connectivity index (χ4n) is 2.96. The van der Waals surface area contributed by atoms with Crippen LogP contribution >= 0.6 is 11.3 Å². The van der Waals surface area contributed by atoms with Crippen LogP contribution in [0.25, 0.3) is 10.2 Å². The maximum Gasteiger partial charge on any atom is 0.410 e. The number of carbonyl (C=O) groups is 1. The van der Waals surface area contributed by atoms with Crippen LogP contribution in [0.4, 0.5) is 9.93 Å². The van der Waals surface area contributed by atoms with Crippen molar-refractivity contribution in [2.24, 2.45) is 5.92 Å². The number of amides is 1. The number of carbonyl (C=O) groups excluding carboxylic acids is 1. The van der Waals surface area contributed by atoms with Gasteiger partial charge in [0.05, 0.1) is 10.2 Å². The third-order valence-electron chi connectivity index (χ3n) is 4.08. The Labute approximate surface area is 147 Å². The van der Waals surface area contributed by atoms with E-state index in [2.05, 4.69) is 18.0 Å². The molecule has 1 atom stereocenters. The lowest BCUT2D eigenvalue weighted by Crippen LogP contribution is -2.36. The molecule has 0 bridgehead atoms. The molecule has 1 fully saturated rings. The molecule has 130 valence electrons. The number of hydrogen-bond donors (Lipinski definition) is 0. The van der Waals surface area contributed by atoms with E-state index in [-0.39, 0.29) is 6.09 Å². The van der Waals surface area contributed by atoms with E-state index >= 15 is 0 Å². The molecule has 1 aromatic heterocycles. The number of fused-ring (bicyclic) bond motifs is 1. The highest BCUT2D eigenvalue weighted by Gasteiger charge is 2.30. The Morgan fingerprint density at radius 3 is 2.88 bits per heavy atom. The van der Waals surface area contributed by atoms with E-state index < -0.39 is 5.60 Å². The van der Waals surface area contributed by atoms with Crippen molar-refractivity contribution in [2.75, 3.05) is 31.6 Å². The van der Waals surface area contributed by atoms with Gasteiger partial charge in [0.2, 0.25) is 0 Å². The van der Waals surface area contributed by atoms with Gasteiger partial charge in [0.1, 0.15) is 5.60 Å². The normalized spacial score (nSPS) is 18.2. The van der Waals surface area contributed by atoms with Crippen LogP contribution < -0.4 is 4.90 Å². The Balaban J connectivity index is 1.57. The van der Waals surface area contributed by atoms with E-state index in [0.29, 0.717) is 5.92 Å². The summed E-state index contributed by atoms with van der Waals surface area (Å²) in [6.07, 6.45) is 0.807. The number of likely N-dealkylation sites (tertiary alicyclic amines) is 1. The molecule has 3 rings (SSSR count). The molecule has 1 amide bonds. The molecule has 0 saturated carbocycles. The SMILES string of the molecule is CN(C[C@H]1CCN(C(=O)OC(C)(C)C)C1)c1nc2ccccc2s1. The van der Waals surface area contributed by atoms with Crippen molar-refractivity contribution < 1.29 is 9.53 Å². The van der Waals surface area contributed by atoms with E-state index in [1.54, 1.807) is 11.3 Å². The molecule has 0 N–H and O–H groups in total. The molecule has 0 radical (unpaired) electrons. The molecule has 6 heteroatoms. The first kappa shape index (κ1) is 17.0. The van der Waals surface area contributed by atoms with Crippen LogP contribution in [0.3, 0.4) is 0 Å². The molecule has 1 aliphatic heterocycles. The Kier molecular flexibility index (Phi) is 4.67. The van der Waals surface area contributed by atoms with Gasteiger partial charge in [-0.3, -0.25) is 0 Å². The van der Waals surface area contributed by atoms with E-state index in [0.717, 1.165) is 36.7 Å². The number of aromatic nitrogens is 1. The number of rotatable bonds is 3. The third kappa shape index (κ3) is 3.98. The number of para-hydroxylation sites is 1. The minimum absolute atomic E-state index is 0.201. The lowest BCUT2D eigenvalue weighted by molar-refractivity contribution is 0.0288. The molecule has 0 spiro atoms. The predicted molar refractivity (Wildman–Crippen MR) is 98.8 cm³/mol. The van der Waals surface area contributed by atoms with Crippen molar-refractivity contribution in [2.45, 2.75) is 32.8 Å². The van der Waals surface area contributed by atoms with Crippen molar-refractivity contribution in [1.29, 1.82) is 0 Å². The molecule has 1 aromatic carbocycles. The van der Waals surface area contributed by atoms with Crippen molar-refractivity contribution in [3.63, 3.8) is 0 Å². The summed E-state index contributed by atoms with van der Waals surface area (Å²) in [5.74, 6) is 0.453. The highest BCUT2D eigenvalue weighted by molar-refractivity contribution is 7.22. The van der Waals surface area contributed by atoms with Gasteiger partial charge in [-0.1, -0.05) is 23.5 Å². The second-order valence-corrected chi connectivity index (χ2v) is 8.43. The summed E-state index contributed by atoms with van der Waals surface area (Å²) in [5.41, 5.74) is 0.610. The second-order valence-electron chi connectivity index (χ2n) is 7.43. The minimum Gasteiger partial charge on any atom is -0.444 e. The number of hydrogen-bond acceptors (Lipinski definition) is 5. The quantitative estimate of drug-likeness (QED) is 0.842. The van der Waals surface area contributed by atoms with Gasteiger partial charge in [-0.25, -0.2) is 9.78 Å². The molecular weight excluding hydrogens is 322 g/mol. The molecular formula is C18H25N3O2S. The zero-order valence-electron chi connectivity index (χ0n) is 14.8. The zero-order chi connectivity index (χ0) is 17.3. The van der Waals surface area contributed by atoms with E-state index in [1.807, 2.05) is 43.9 Å². The second kappa shape index (κ2) is 6.59. The molecule has 0 unspecified atom stereocenters. The van der Waals surface area contributed by atoms with E-state index in [9.17, 15) is 4.79 Å². The fourth-order valence-corrected chi connectivity index (χ4v) is 3.90. The Morgan fingerprint density at radius 1 is 1.42 bits per heavy atom. The smallest absolute Gasteiger partial charge is 0.410 e. The van der Waals surface area contributed by atoms with Crippen LogP contribution in [-0.2, 0) is 4.74 Å². The zero-order valence-corrected chi connectivity index (χ0v) is 15.6.